The van der Waals surface area contributed by atoms with Crippen LogP contribution in [0.5, 0.6) is 5.75 Å². The second-order valence-electron chi connectivity index (χ2n) is 3.91. The highest BCUT2D eigenvalue weighted by Gasteiger charge is 2.18. The molecule has 1 aliphatic rings. The summed E-state index contributed by atoms with van der Waals surface area (Å²) in [5, 5.41) is 0.563. The van der Waals surface area contributed by atoms with Gasteiger partial charge in [0.2, 0.25) is 0 Å². The Bertz CT molecular complexity index is 359. The van der Waals surface area contributed by atoms with Crippen molar-refractivity contribution in [3.63, 3.8) is 0 Å². The molecule has 1 aliphatic carbocycles. The Labute approximate surface area is 94.2 Å². The second kappa shape index (κ2) is 4.67. The van der Waals surface area contributed by atoms with Crippen LogP contribution in [0.3, 0.4) is 0 Å². The zero-order valence-electron chi connectivity index (χ0n) is 8.41. The van der Waals surface area contributed by atoms with Crippen LogP contribution in [0, 0.1) is 5.92 Å². The second-order valence-corrected chi connectivity index (χ2v) is 4.34. The van der Waals surface area contributed by atoms with Crippen LogP contribution < -0.4 is 4.74 Å². The number of carbonyl (C=O) groups is 1. The maximum atomic E-state index is 10.8. The summed E-state index contributed by atoms with van der Waals surface area (Å²) < 4.78 is 5.60. The molecule has 2 nitrogen and oxygen atoms in total. The van der Waals surface area contributed by atoms with E-state index in [1.54, 1.807) is 18.2 Å². The van der Waals surface area contributed by atoms with Gasteiger partial charge in [0.15, 0.2) is 6.29 Å². The molecule has 0 spiro atoms. The molecule has 0 saturated heterocycles. The molecular weight excluding hydrogens is 212 g/mol. The Morgan fingerprint density at radius 2 is 2.27 bits per heavy atom. The van der Waals surface area contributed by atoms with Crippen molar-refractivity contribution in [3.05, 3.63) is 28.8 Å². The van der Waals surface area contributed by atoms with Crippen LogP contribution in [0.1, 0.15) is 29.6 Å². The third-order valence-electron chi connectivity index (χ3n) is 2.80. The molecule has 15 heavy (non-hydrogen) atoms. The average molecular weight is 225 g/mol. The van der Waals surface area contributed by atoms with Gasteiger partial charge in [0.05, 0.1) is 12.2 Å². The minimum atomic E-state index is 0.529. The first-order chi connectivity index (χ1) is 7.29. The van der Waals surface area contributed by atoms with Gasteiger partial charge in [-0.1, -0.05) is 18.0 Å². The zero-order valence-corrected chi connectivity index (χ0v) is 9.17. The van der Waals surface area contributed by atoms with Crippen molar-refractivity contribution in [1.82, 2.24) is 0 Å². The van der Waals surface area contributed by atoms with E-state index >= 15 is 0 Å². The van der Waals surface area contributed by atoms with Gasteiger partial charge in [0.1, 0.15) is 5.75 Å². The number of hydrogen-bond acceptors (Lipinski definition) is 2. The Balaban J connectivity index is 2.02. The van der Waals surface area contributed by atoms with E-state index in [0.717, 1.165) is 6.29 Å². The van der Waals surface area contributed by atoms with Crippen LogP contribution in [0.2, 0.25) is 5.02 Å². The lowest BCUT2D eigenvalue weighted by molar-refractivity contribution is 0.111. The van der Waals surface area contributed by atoms with Crippen LogP contribution in [0.15, 0.2) is 18.2 Å². The summed E-state index contributed by atoms with van der Waals surface area (Å²) in [5.74, 6) is 1.31. The molecule has 80 valence electrons. The van der Waals surface area contributed by atoms with Crippen molar-refractivity contribution in [2.75, 3.05) is 6.61 Å². The predicted molar refractivity (Wildman–Crippen MR) is 59.7 cm³/mol. The fourth-order valence-corrected chi connectivity index (χ4v) is 1.79. The number of aldehydes is 1. The topological polar surface area (TPSA) is 26.3 Å². The standard InChI is InChI=1S/C12H13ClO2/c13-11-4-5-12(10(6-11)7-14)15-8-9-2-1-3-9/h4-7,9H,1-3,8H2. The number of ether oxygens (including phenoxy) is 1. The van der Waals surface area contributed by atoms with Crippen LogP contribution in [-0.4, -0.2) is 12.9 Å². The summed E-state index contributed by atoms with van der Waals surface area (Å²) in [7, 11) is 0. The van der Waals surface area contributed by atoms with Crippen molar-refractivity contribution in [3.8, 4) is 5.75 Å². The van der Waals surface area contributed by atoms with E-state index in [1.165, 1.54) is 19.3 Å². The fraction of sp³-hybridized carbons (Fsp3) is 0.417. The van der Waals surface area contributed by atoms with Gasteiger partial charge >= 0.3 is 0 Å². The summed E-state index contributed by atoms with van der Waals surface area (Å²) in [4.78, 5) is 10.8. The number of rotatable bonds is 4. The Hall–Kier alpha value is -1.02. The van der Waals surface area contributed by atoms with Crippen molar-refractivity contribution >= 4 is 17.9 Å². The molecule has 0 aromatic heterocycles. The molecule has 1 aromatic carbocycles. The Morgan fingerprint density at radius 1 is 1.47 bits per heavy atom. The first-order valence-electron chi connectivity index (χ1n) is 5.17. The van der Waals surface area contributed by atoms with Gasteiger partial charge < -0.3 is 4.74 Å². The highest BCUT2D eigenvalue weighted by atomic mass is 35.5. The van der Waals surface area contributed by atoms with E-state index in [1.807, 2.05) is 0 Å². The molecule has 3 heteroatoms. The van der Waals surface area contributed by atoms with E-state index < -0.39 is 0 Å². The number of benzene rings is 1. The van der Waals surface area contributed by atoms with Gasteiger partial charge in [-0.05, 0) is 37.0 Å². The Kier molecular flexibility index (Phi) is 3.27. The van der Waals surface area contributed by atoms with Crippen molar-refractivity contribution in [2.45, 2.75) is 19.3 Å². The minimum Gasteiger partial charge on any atom is -0.493 e. The van der Waals surface area contributed by atoms with Gasteiger partial charge in [-0.25, -0.2) is 0 Å². The molecule has 1 saturated carbocycles. The lowest BCUT2D eigenvalue weighted by Crippen LogP contribution is -2.19. The lowest BCUT2D eigenvalue weighted by atomic mass is 9.86. The summed E-state index contributed by atoms with van der Waals surface area (Å²) in [5.41, 5.74) is 0.529. The van der Waals surface area contributed by atoms with Gasteiger partial charge in [0.25, 0.3) is 0 Å². The summed E-state index contributed by atoms with van der Waals surface area (Å²) in [6.07, 6.45) is 4.56. The predicted octanol–water partition coefficient (Wildman–Crippen LogP) is 3.33. The maximum Gasteiger partial charge on any atom is 0.153 e. The van der Waals surface area contributed by atoms with Crippen molar-refractivity contribution in [1.29, 1.82) is 0 Å². The average Bonchev–Trinajstić information content (AvgIpc) is 2.17. The molecule has 0 aliphatic heterocycles. The highest BCUT2D eigenvalue weighted by molar-refractivity contribution is 6.30. The van der Waals surface area contributed by atoms with E-state index in [4.69, 9.17) is 16.3 Å². The maximum absolute atomic E-state index is 10.8. The van der Waals surface area contributed by atoms with Gasteiger partial charge in [-0.3, -0.25) is 4.79 Å². The molecule has 0 heterocycles. The van der Waals surface area contributed by atoms with E-state index in [9.17, 15) is 4.79 Å². The van der Waals surface area contributed by atoms with E-state index in [2.05, 4.69) is 0 Å². The summed E-state index contributed by atoms with van der Waals surface area (Å²) in [6, 6.07) is 5.13. The quantitative estimate of drug-likeness (QED) is 0.734. The monoisotopic (exact) mass is 224 g/mol. The first-order valence-corrected chi connectivity index (χ1v) is 5.55. The van der Waals surface area contributed by atoms with Crippen LogP contribution >= 0.6 is 11.6 Å². The van der Waals surface area contributed by atoms with Crippen molar-refractivity contribution < 1.29 is 9.53 Å². The van der Waals surface area contributed by atoms with Crippen LogP contribution in [-0.2, 0) is 0 Å². The molecular formula is C12H13ClO2. The molecule has 0 unspecified atom stereocenters. The van der Waals surface area contributed by atoms with E-state index in [-0.39, 0.29) is 0 Å². The van der Waals surface area contributed by atoms with Gasteiger partial charge in [-0.15, -0.1) is 0 Å². The molecule has 0 radical (unpaired) electrons. The molecule has 1 fully saturated rings. The van der Waals surface area contributed by atoms with Gasteiger partial charge in [0, 0.05) is 5.02 Å². The van der Waals surface area contributed by atoms with Gasteiger partial charge in [-0.2, -0.15) is 0 Å². The normalized spacial score (nSPS) is 15.8. The smallest absolute Gasteiger partial charge is 0.153 e. The molecule has 0 atom stereocenters. The zero-order chi connectivity index (χ0) is 10.7. The fourth-order valence-electron chi connectivity index (χ4n) is 1.61. The number of halogens is 1. The van der Waals surface area contributed by atoms with Crippen LogP contribution in [0.25, 0.3) is 0 Å². The third kappa shape index (κ3) is 2.51. The molecule has 0 bridgehead atoms. The molecule has 2 rings (SSSR count). The third-order valence-corrected chi connectivity index (χ3v) is 3.03. The van der Waals surface area contributed by atoms with Crippen molar-refractivity contribution in [2.24, 2.45) is 5.92 Å². The van der Waals surface area contributed by atoms with E-state index in [0.29, 0.717) is 28.9 Å². The Morgan fingerprint density at radius 3 is 2.87 bits per heavy atom. The largest absolute Gasteiger partial charge is 0.493 e. The highest BCUT2D eigenvalue weighted by Crippen LogP contribution is 2.28. The SMILES string of the molecule is O=Cc1cc(Cl)ccc1OCC1CCC1. The number of carbonyl (C=O) groups excluding carboxylic acids is 1. The summed E-state index contributed by atoms with van der Waals surface area (Å²) in [6.45, 7) is 0.711. The molecule has 0 amide bonds. The molecule has 1 aromatic rings. The summed E-state index contributed by atoms with van der Waals surface area (Å²) >= 11 is 5.78. The molecule has 0 N–H and O–H groups in total. The van der Waals surface area contributed by atoms with Crippen LogP contribution in [0.4, 0.5) is 0 Å². The lowest BCUT2D eigenvalue weighted by Gasteiger charge is -2.25. The minimum absolute atomic E-state index is 0.529. The number of hydrogen-bond donors (Lipinski definition) is 0. The first kappa shape index (κ1) is 10.5.